The molecule has 0 heterocycles. The summed E-state index contributed by atoms with van der Waals surface area (Å²) in [5.41, 5.74) is 0. The maximum absolute atomic E-state index is 12.6. The van der Waals surface area contributed by atoms with Crippen LogP contribution in [0.25, 0.3) is 0 Å². The van der Waals surface area contributed by atoms with Gasteiger partial charge in [0.1, 0.15) is 11.6 Å². The maximum atomic E-state index is 12.6. The van der Waals surface area contributed by atoms with Crippen molar-refractivity contribution in [2.75, 3.05) is 0 Å². The van der Waals surface area contributed by atoms with Crippen molar-refractivity contribution in [1.29, 1.82) is 0 Å². The van der Waals surface area contributed by atoms with Crippen molar-refractivity contribution in [3.05, 3.63) is 29.0 Å². The van der Waals surface area contributed by atoms with Crippen molar-refractivity contribution in [1.82, 2.24) is 0 Å². The van der Waals surface area contributed by atoms with Gasteiger partial charge < -0.3 is 9.84 Å². The van der Waals surface area contributed by atoms with E-state index in [-0.39, 0.29) is 0 Å². The first-order valence-corrected chi connectivity index (χ1v) is 3.96. The molecule has 0 fully saturated rings. The zero-order valence-electron chi connectivity index (χ0n) is 7.01. The summed E-state index contributed by atoms with van der Waals surface area (Å²) in [4.78, 5) is 10.00. The van der Waals surface area contributed by atoms with E-state index in [0.29, 0.717) is 0 Å². The lowest BCUT2D eigenvalue weighted by Gasteiger charge is -2.13. The number of aliphatic carboxylic acids is 1. The molecule has 0 aromatic heterocycles. The highest BCUT2D eigenvalue weighted by Gasteiger charge is 2.42. The second-order valence-electron chi connectivity index (χ2n) is 2.50. The van der Waals surface area contributed by atoms with E-state index in [1.807, 2.05) is 0 Å². The van der Waals surface area contributed by atoms with Crippen LogP contribution in [0.3, 0.4) is 0 Å². The summed E-state index contributed by atoms with van der Waals surface area (Å²) < 4.78 is 41.4. The van der Waals surface area contributed by atoms with Gasteiger partial charge >= 0.3 is 12.1 Å². The molecule has 0 unspecified atom stereocenters. The Bertz CT molecular complexity index is 395. The van der Waals surface area contributed by atoms with E-state index < -0.39 is 28.7 Å². The molecule has 1 aromatic carbocycles. The Labute approximate surface area is 87.0 Å². The van der Waals surface area contributed by atoms with E-state index >= 15 is 0 Å². The van der Waals surface area contributed by atoms with E-state index in [4.69, 9.17) is 16.7 Å². The quantitative estimate of drug-likeness (QED) is 0.883. The van der Waals surface area contributed by atoms with Gasteiger partial charge in [-0.2, -0.15) is 8.78 Å². The van der Waals surface area contributed by atoms with Gasteiger partial charge in [-0.15, -0.1) is 0 Å². The summed E-state index contributed by atoms with van der Waals surface area (Å²) in [6.07, 6.45) is -4.37. The number of hydrogen-bond acceptors (Lipinski definition) is 2. The van der Waals surface area contributed by atoms with E-state index in [9.17, 15) is 18.0 Å². The van der Waals surface area contributed by atoms with Crippen LogP contribution in [0.2, 0.25) is 5.02 Å². The summed E-state index contributed by atoms with van der Waals surface area (Å²) in [7, 11) is 0. The van der Waals surface area contributed by atoms with Gasteiger partial charge in [0.25, 0.3) is 0 Å². The first kappa shape index (κ1) is 11.6. The van der Waals surface area contributed by atoms with Crippen LogP contribution in [0.1, 0.15) is 0 Å². The molecule has 0 atom stereocenters. The van der Waals surface area contributed by atoms with Crippen molar-refractivity contribution >= 4 is 17.6 Å². The van der Waals surface area contributed by atoms with Gasteiger partial charge in [-0.25, -0.2) is 9.18 Å². The summed E-state index contributed by atoms with van der Waals surface area (Å²) in [5, 5.41) is 7.61. The number of alkyl halides is 2. The third-order valence-electron chi connectivity index (χ3n) is 1.39. The molecule has 0 aliphatic heterocycles. The normalized spacial score (nSPS) is 11.2. The SMILES string of the molecule is O=C(O)C(F)(F)Oc1ccc(F)c(Cl)c1. The molecule has 0 saturated carbocycles. The van der Waals surface area contributed by atoms with Crippen LogP contribution in [-0.4, -0.2) is 17.2 Å². The molecule has 0 bridgehead atoms. The number of ether oxygens (including phenoxy) is 1. The number of carboxylic acid groups (broad SMARTS) is 1. The number of carboxylic acids is 1. The zero-order chi connectivity index (χ0) is 11.6. The van der Waals surface area contributed by atoms with Gasteiger partial charge in [0.05, 0.1) is 5.02 Å². The second kappa shape index (κ2) is 3.98. The molecule has 15 heavy (non-hydrogen) atoms. The number of rotatable bonds is 3. The summed E-state index contributed by atoms with van der Waals surface area (Å²) in [6.45, 7) is 0. The van der Waals surface area contributed by atoms with Crippen molar-refractivity contribution in [3.8, 4) is 5.75 Å². The third kappa shape index (κ3) is 2.76. The smallest absolute Gasteiger partial charge is 0.474 e. The van der Waals surface area contributed by atoms with Gasteiger partial charge in [-0.3, -0.25) is 0 Å². The number of hydrogen-bond donors (Lipinski definition) is 1. The monoisotopic (exact) mass is 240 g/mol. The first-order valence-electron chi connectivity index (χ1n) is 3.58. The van der Waals surface area contributed by atoms with Gasteiger partial charge in [0.2, 0.25) is 0 Å². The van der Waals surface area contributed by atoms with Crippen molar-refractivity contribution in [2.45, 2.75) is 6.11 Å². The molecule has 1 N–H and O–H groups in total. The van der Waals surface area contributed by atoms with Crippen molar-refractivity contribution in [3.63, 3.8) is 0 Å². The molecule has 0 aliphatic rings. The second-order valence-corrected chi connectivity index (χ2v) is 2.91. The Balaban J connectivity index is 2.91. The van der Waals surface area contributed by atoms with E-state index in [2.05, 4.69) is 4.74 Å². The highest BCUT2D eigenvalue weighted by molar-refractivity contribution is 6.30. The molecule has 82 valence electrons. The fourth-order valence-corrected chi connectivity index (χ4v) is 0.903. The fraction of sp³-hybridized carbons (Fsp3) is 0.125. The molecular formula is C8H4ClF3O3. The lowest BCUT2D eigenvalue weighted by molar-refractivity contribution is -0.210. The fourth-order valence-electron chi connectivity index (χ4n) is 0.732. The Hall–Kier alpha value is -1.43. The standard InChI is InChI=1S/C8H4ClF3O3/c9-5-3-4(1-2-6(5)10)15-8(11,12)7(13)14/h1-3H,(H,13,14). The Morgan fingerprint density at radius 1 is 1.47 bits per heavy atom. The van der Waals surface area contributed by atoms with Crippen LogP contribution in [0.5, 0.6) is 5.75 Å². The van der Waals surface area contributed by atoms with Crippen LogP contribution >= 0.6 is 11.6 Å². The average molecular weight is 241 g/mol. The molecule has 3 nitrogen and oxygen atoms in total. The van der Waals surface area contributed by atoms with Crippen molar-refractivity contribution in [2.24, 2.45) is 0 Å². The summed E-state index contributed by atoms with van der Waals surface area (Å²) in [6, 6.07) is 2.39. The molecule has 0 aliphatic carbocycles. The van der Waals surface area contributed by atoms with Crippen LogP contribution in [0, 0.1) is 5.82 Å². The Morgan fingerprint density at radius 2 is 2.07 bits per heavy atom. The molecule has 1 rings (SSSR count). The van der Waals surface area contributed by atoms with Crippen molar-refractivity contribution < 1.29 is 27.8 Å². The maximum Gasteiger partial charge on any atom is 0.501 e. The minimum absolute atomic E-state index is 0.436. The average Bonchev–Trinajstić information content (AvgIpc) is 2.10. The van der Waals surface area contributed by atoms with E-state index in [1.165, 1.54) is 0 Å². The zero-order valence-corrected chi connectivity index (χ0v) is 7.76. The minimum atomic E-state index is -4.37. The third-order valence-corrected chi connectivity index (χ3v) is 1.68. The molecule has 0 spiro atoms. The van der Waals surface area contributed by atoms with Gasteiger partial charge in [-0.1, -0.05) is 11.6 Å². The first-order chi connectivity index (χ1) is 6.83. The molecule has 1 aromatic rings. The number of halogens is 4. The molecular weight excluding hydrogens is 237 g/mol. The predicted octanol–water partition coefficient (Wildman–Crippen LogP) is 2.54. The molecule has 0 saturated heterocycles. The van der Waals surface area contributed by atoms with Crippen LogP contribution in [-0.2, 0) is 4.79 Å². The summed E-state index contributed by atoms with van der Waals surface area (Å²) in [5.74, 6) is -3.79. The summed E-state index contributed by atoms with van der Waals surface area (Å²) >= 11 is 5.27. The highest BCUT2D eigenvalue weighted by atomic mass is 35.5. The van der Waals surface area contributed by atoms with E-state index in [0.717, 1.165) is 18.2 Å². The predicted molar refractivity (Wildman–Crippen MR) is 44.6 cm³/mol. The number of carbonyl (C=O) groups is 1. The van der Waals surface area contributed by atoms with Gasteiger partial charge in [0, 0.05) is 6.07 Å². The van der Waals surface area contributed by atoms with Crippen LogP contribution in [0.4, 0.5) is 13.2 Å². The lowest BCUT2D eigenvalue weighted by atomic mass is 10.3. The van der Waals surface area contributed by atoms with Gasteiger partial charge in [-0.05, 0) is 12.1 Å². The van der Waals surface area contributed by atoms with Gasteiger partial charge in [0.15, 0.2) is 0 Å². The molecule has 0 amide bonds. The largest absolute Gasteiger partial charge is 0.501 e. The lowest BCUT2D eigenvalue weighted by Crippen LogP contribution is -2.34. The minimum Gasteiger partial charge on any atom is -0.474 e. The highest BCUT2D eigenvalue weighted by Crippen LogP contribution is 2.26. The Morgan fingerprint density at radius 3 is 2.53 bits per heavy atom. The number of benzene rings is 1. The Kier molecular flexibility index (Phi) is 3.09. The van der Waals surface area contributed by atoms with Crippen LogP contribution in [0.15, 0.2) is 18.2 Å². The van der Waals surface area contributed by atoms with E-state index in [1.54, 1.807) is 0 Å². The van der Waals surface area contributed by atoms with Crippen LogP contribution < -0.4 is 4.74 Å². The molecule has 0 radical (unpaired) electrons. The molecule has 7 heteroatoms. The topological polar surface area (TPSA) is 46.5 Å².